The van der Waals surface area contributed by atoms with Gasteiger partial charge in [-0.3, -0.25) is 10.1 Å². The van der Waals surface area contributed by atoms with Gasteiger partial charge in [-0.1, -0.05) is 31.4 Å². The highest BCUT2D eigenvalue weighted by Crippen LogP contribution is 2.27. The molecule has 0 aromatic heterocycles. The standard InChI is InChI=1S/C13H18N2O4S/c16-15(17)12-8-4-5-9-13(12)20(18,19)14-10-6-2-1-3-7-11-14/h4-5,8-9H,1-3,6-7,10-11H2. The first-order valence-electron chi connectivity index (χ1n) is 6.77. The quantitative estimate of drug-likeness (QED) is 0.634. The van der Waals surface area contributed by atoms with Crippen LogP contribution in [0.3, 0.4) is 0 Å². The van der Waals surface area contributed by atoms with Gasteiger partial charge < -0.3 is 0 Å². The van der Waals surface area contributed by atoms with Gasteiger partial charge in [0.1, 0.15) is 0 Å². The van der Waals surface area contributed by atoms with E-state index in [0.717, 1.165) is 32.1 Å². The van der Waals surface area contributed by atoms with E-state index >= 15 is 0 Å². The summed E-state index contributed by atoms with van der Waals surface area (Å²) in [5.74, 6) is 0. The molecule has 6 nitrogen and oxygen atoms in total. The number of nitrogens with zero attached hydrogens (tertiary/aromatic N) is 2. The molecule has 1 saturated heterocycles. The van der Waals surface area contributed by atoms with Crippen molar-refractivity contribution in [2.24, 2.45) is 0 Å². The van der Waals surface area contributed by atoms with E-state index in [1.54, 1.807) is 0 Å². The Morgan fingerprint density at radius 3 is 2.15 bits per heavy atom. The SMILES string of the molecule is O=[N+]([O-])c1ccccc1S(=O)(=O)N1CCCCCCC1. The highest BCUT2D eigenvalue weighted by atomic mass is 32.2. The van der Waals surface area contributed by atoms with Gasteiger partial charge in [0, 0.05) is 19.2 Å². The lowest BCUT2D eigenvalue weighted by molar-refractivity contribution is -0.387. The maximum atomic E-state index is 12.6. The molecule has 20 heavy (non-hydrogen) atoms. The first kappa shape index (κ1) is 14.9. The monoisotopic (exact) mass is 298 g/mol. The number of benzene rings is 1. The third-order valence-corrected chi connectivity index (χ3v) is 5.44. The Labute approximate surface area is 118 Å². The molecule has 0 bridgehead atoms. The molecule has 7 heteroatoms. The third-order valence-electron chi connectivity index (χ3n) is 3.49. The zero-order chi connectivity index (χ0) is 14.6. The summed E-state index contributed by atoms with van der Waals surface area (Å²) in [5, 5.41) is 11.0. The summed E-state index contributed by atoms with van der Waals surface area (Å²) in [6.45, 7) is 0.878. The van der Waals surface area contributed by atoms with Gasteiger partial charge in [-0.05, 0) is 18.9 Å². The molecule has 0 unspecified atom stereocenters. The number of nitro groups is 1. The van der Waals surface area contributed by atoms with E-state index in [4.69, 9.17) is 0 Å². The van der Waals surface area contributed by atoms with Crippen LogP contribution < -0.4 is 0 Å². The molecular weight excluding hydrogens is 280 g/mol. The van der Waals surface area contributed by atoms with Crippen LogP contribution in [0.15, 0.2) is 29.2 Å². The number of sulfonamides is 1. The van der Waals surface area contributed by atoms with Crippen LogP contribution in [-0.2, 0) is 10.0 Å². The van der Waals surface area contributed by atoms with Gasteiger partial charge >= 0.3 is 0 Å². The van der Waals surface area contributed by atoms with Crippen molar-refractivity contribution in [1.82, 2.24) is 4.31 Å². The number of hydrogen-bond donors (Lipinski definition) is 0. The molecule has 0 radical (unpaired) electrons. The Bertz CT molecular complexity index is 578. The molecule has 110 valence electrons. The van der Waals surface area contributed by atoms with E-state index in [2.05, 4.69) is 0 Å². The van der Waals surface area contributed by atoms with Crippen LogP contribution in [0.4, 0.5) is 5.69 Å². The average Bonchev–Trinajstić information content (AvgIpc) is 2.37. The molecule has 1 aliphatic rings. The maximum absolute atomic E-state index is 12.6. The Morgan fingerprint density at radius 2 is 1.55 bits per heavy atom. The van der Waals surface area contributed by atoms with Crippen LogP contribution in [0.2, 0.25) is 0 Å². The van der Waals surface area contributed by atoms with Gasteiger partial charge in [0.25, 0.3) is 5.69 Å². The number of nitro benzene ring substituents is 1. The number of hydrogen-bond acceptors (Lipinski definition) is 4. The van der Waals surface area contributed by atoms with Crippen molar-refractivity contribution < 1.29 is 13.3 Å². The van der Waals surface area contributed by atoms with Crippen LogP contribution in [0, 0.1) is 10.1 Å². The molecular formula is C13H18N2O4S. The predicted octanol–water partition coefficient (Wildman–Crippen LogP) is 2.55. The molecule has 1 aliphatic heterocycles. The zero-order valence-corrected chi connectivity index (χ0v) is 12.0. The Hall–Kier alpha value is -1.47. The Morgan fingerprint density at radius 1 is 1.00 bits per heavy atom. The van der Waals surface area contributed by atoms with E-state index in [1.807, 2.05) is 0 Å². The van der Waals surface area contributed by atoms with E-state index < -0.39 is 14.9 Å². The molecule has 0 N–H and O–H groups in total. The second kappa shape index (κ2) is 6.32. The van der Waals surface area contributed by atoms with Crippen molar-refractivity contribution in [3.63, 3.8) is 0 Å². The van der Waals surface area contributed by atoms with Gasteiger partial charge in [0.15, 0.2) is 4.90 Å². The summed E-state index contributed by atoms with van der Waals surface area (Å²) in [5.41, 5.74) is -0.352. The highest BCUT2D eigenvalue weighted by molar-refractivity contribution is 7.89. The van der Waals surface area contributed by atoms with E-state index in [1.165, 1.54) is 28.6 Å². The lowest BCUT2D eigenvalue weighted by Gasteiger charge is -2.23. The molecule has 1 heterocycles. The molecule has 0 amide bonds. The molecule has 0 atom stereocenters. The third kappa shape index (κ3) is 3.16. The topological polar surface area (TPSA) is 80.5 Å². The summed E-state index contributed by atoms with van der Waals surface area (Å²) >= 11 is 0. The van der Waals surface area contributed by atoms with Crippen molar-refractivity contribution in [3.05, 3.63) is 34.4 Å². The first-order chi connectivity index (χ1) is 9.53. The Balaban J connectivity index is 2.36. The lowest BCUT2D eigenvalue weighted by atomic mass is 10.1. The maximum Gasteiger partial charge on any atom is 0.289 e. The van der Waals surface area contributed by atoms with Crippen molar-refractivity contribution in [2.75, 3.05) is 13.1 Å². The Kier molecular flexibility index (Phi) is 4.72. The molecule has 0 spiro atoms. The largest absolute Gasteiger partial charge is 0.289 e. The van der Waals surface area contributed by atoms with E-state index in [0.29, 0.717) is 13.1 Å². The summed E-state index contributed by atoms with van der Waals surface area (Å²) in [4.78, 5) is 10.2. The summed E-state index contributed by atoms with van der Waals surface area (Å²) in [6, 6.07) is 5.54. The number of para-hydroxylation sites is 1. The fourth-order valence-corrected chi connectivity index (χ4v) is 4.10. The van der Waals surface area contributed by atoms with Crippen LogP contribution in [0.5, 0.6) is 0 Å². The second-order valence-electron chi connectivity index (χ2n) is 4.90. The molecule has 1 fully saturated rings. The molecule has 0 saturated carbocycles. The van der Waals surface area contributed by atoms with E-state index in [-0.39, 0.29) is 10.6 Å². The molecule has 2 rings (SSSR count). The fourth-order valence-electron chi connectivity index (χ4n) is 2.42. The van der Waals surface area contributed by atoms with Gasteiger partial charge in [-0.2, -0.15) is 4.31 Å². The summed E-state index contributed by atoms with van der Waals surface area (Å²) in [7, 11) is -3.79. The van der Waals surface area contributed by atoms with Crippen LogP contribution in [-0.4, -0.2) is 30.7 Å². The van der Waals surface area contributed by atoms with Gasteiger partial charge in [-0.25, -0.2) is 8.42 Å². The zero-order valence-electron chi connectivity index (χ0n) is 11.2. The highest BCUT2D eigenvalue weighted by Gasteiger charge is 2.31. The molecule has 1 aromatic rings. The van der Waals surface area contributed by atoms with Crippen molar-refractivity contribution in [2.45, 2.75) is 37.0 Å². The molecule has 0 aliphatic carbocycles. The smallest absolute Gasteiger partial charge is 0.258 e. The predicted molar refractivity (Wildman–Crippen MR) is 74.9 cm³/mol. The summed E-state index contributed by atoms with van der Waals surface area (Å²) < 4.78 is 26.6. The van der Waals surface area contributed by atoms with Crippen LogP contribution in [0.25, 0.3) is 0 Å². The fraction of sp³-hybridized carbons (Fsp3) is 0.538. The van der Waals surface area contributed by atoms with Crippen molar-refractivity contribution in [3.8, 4) is 0 Å². The number of rotatable bonds is 3. The normalized spacial score (nSPS) is 18.2. The van der Waals surface area contributed by atoms with Crippen molar-refractivity contribution in [1.29, 1.82) is 0 Å². The summed E-state index contributed by atoms with van der Waals surface area (Å²) in [6.07, 6.45) is 4.74. The minimum Gasteiger partial charge on any atom is -0.258 e. The minimum absolute atomic E-state index is 0.203. The van der Waals surface area contributed by atoms with Gasteiger partial charge in [0.05, 0.1) is 4.92 Å². The lowest BCUT2D eigenvalue weighted by Crippen LogP contribution is -2.34. The van der Waals surface area contributed by atoms with E-state index in [9.17, 15) is 18.5 Å². The first-order valence-corrected chi connectivity index (χ1v) is 8.21. The van der Waals surface area contributed by atoms with Gasteiger partial charge in [-0.15, -0.1) is 0 Å². The van der Waals surface area contributed by atoms with Crippen LogP contribution >= 0.6 is 0 Å². The van der Waals surface area contributed by atoms with Crippen molar-refractivity contribution >= 4 is 15.7 Å². The average molecular weight is 298 g/mol. The minimum atomic E-state index is -3.79. The van der Waals surface area contributed by atoms with Crippen LogP contribution in [0.1, 0.15) is 32.1 Å². The molecule has 1 aromatic carbocycles. The second-order valence-corrected chi connectivity index (χ2v) is 6.80. The van der Waals surface area contributed by atoms with Gasteiger partial charge in [0.2, 0.25) is 10.0 Å².